The van der Waals surface area contributed by atoms with Gasteiger partial charge >= 0.3 is 5.97 Å². The second kappa shape index (κ2) is 8.02. The minimum absolute atomic E-state index is 0.202. The lowest BCUT2D eigenvalue weighted by molar-refractivity contribution is -0.145. The first-order chi connectivity index (χ1) is 12.2. The van der Waals surface area contributed by atoms with Crippen molar-refractivity contribution >= 4 is 5.97 Å². The van der Waals surface area contributed by atoms with Crippen LogP contribution in [-0.2, 0) is 11.2 Å². The SMILES string of the molecule is O=C(O)C(Cc1ccccc1Oc1ccccc1)Oc1ccccc1. The molecule has 0 heterocycles. The second-order valence-corrected chi connectivity index (χ2v) is 5.48. The van der Waals surface area contributed by atoms with Crippen molar-refractivity contribution in [3.8, 4) is 17.2 Å². The summed E-state index contributed by atoms with van der Waals surface area (Å²) >= 11 is 0. The van der Waals surface area contributed by atoms with Crippen LogP contribution in [0, 0.1) is 0 Å². The molecular formula is C21H18O4. The van der Waals surface area contributed by atoms with Gasteiger partial charge in [-0.1, -0.05) is 54.6 Å². The number of carboxylic acids is 1. The van der Waals surface area contributed by atoms with Gasteiger partial charge in [-0.25, -0.2) is 4.79 Å². The Bertz CT molecular complexity index is 816. The normalized spacial score (nSPS) is 11.5. The molecule has 0 amide bonds. The molecule has 0 fully saturated rings. The van der Waals surface area contributed by atoms with Crippen molar-refractivity contribution in [2.24, 2.45) is 0 Å². The van der Waals surface area contributed by atoms with Crippen molar-refractivity contribution in [3.63, 3.8) is 0 Å². The highest BCUT2D eigenvalue weighted by Gasteiger charge is 2.22. The largest absolute Gasteiger partial charge is 0.478 e. The zero-order valence-corrected chi connectivity index (χ0v) is 13.5. The van der Waals surface area contributed by atoms with Crippen molar-refractivity contribution in [1.82, 2.24) is 0 Å². The van der Waals surface area contributed by atoms with Gasteiger partial charge in [-0.15, -0.1) is 0 Å². The van der Waals surface area contributed by atoms with Crippen LogP contribution in [0.5, 0.6) is 17.2 Å². The van der Waals surface area contributed by atoms with Crippen LogP contribution in [0.4, 0.5) is 0 Å². The molecular weight excluding hydrogens is 316 g/mol. The molecule has 0 radical (unpaired) electrons. The van der Waals surface area contributed by atoms with Crippen LogP contribution in [0.15, 0.2) is 84.9 Å². The molecule has 0 saturated carbocycles. The van der Waals surface area contributed by atoms with Crippen LogP contribution in [-0.4, -0.2) is 17.2 Å². The number of ether oxygens (including phenoxy) is 2. The molecule has 25 heavy (non-hydrogen) atoms. The van der Waals surface area contributed by atoms with E-state index in [1.807, 2.05) is 60.7 Å². The molecule has 4 heteroatoms. The van der Waals surface area contributed by atoms with E-state index in [-0.39, 0.29) is 6.42 Å². The zero-order valence-electron chi connectivity index (χ0n) is 13.5. The van der Waals surface area contributed by atoms with Crippen LogP contribution >= 0.6 is 0 Å². The molecule has 0 aliphatic heterocycles. The number of para-hydroxylation sites is 3. The smallest absolute Gasteiger partial charge is 0.345 e. The van der Waals surface area contributed by atoms with Crippen LogP contribution in [0.3, 0.4) is 0 Å². The van der Waals surface area contributed by atoms with Gasteiger partial charge in [0.25, 0.3) is 0 Å². The van der Waals surface area contributed by atoms with Crippen LogP contribution in [0.25, 0.3) is 0 Å². The monoisotopic (exact) mass is 334 g/mol. The summed E-state index contributed by atoms with van der Waals surface area (Å²) in [7, 11) is 0. The van der Waals surface area contributed by atoms with E-state index < -0.39 is 12.1 Å². The Morgan fingerprint density at radius 3 is 2.00 bits per heavy atom. The number of carboxylic acid groups (broad SMARTS) is 1. The van der Waals surface area contributed by atoms with E-state index in [0.29, 0.717) is 17.2 Å². The minimum atomic E-state index is -1.02. The molecule has 0 aliphatic rings. The quantitative estimate of drug-likeness (QED) is 0.688. The maximum atomic E-state index is 11.6. The van der Waals surface area contributed by atoms with E-state index in [2.05, 4.69) is 0 Å². The number of rotatable bonds is 7. The summed E-state index contributed by atoms with van der Waals surface area (Å²) in [5.41, 5.74) is 0.773. The maximum Gasteiger partial charge on any atom is 0.345 e. The number of aliphatic carboxylic acids is 1. The van der Waals surface area contributed by atoms with E-state index in [1.165, 1.54) is 0 Å². The van der Waals surface area contributed by atoms with Crippen LogP contribution in [0.2, 0.25) is 0 Å². The Morgan fingerprint density at radius 2 is 1.36 bits per heavy atom. The van der Waals surface area contributed by atoms with E-state index in [0.717, 1.165) is 5.56 Å². The number of benzene rings is 3. The Morgan fingerprint density at radius 1 is 0.800 bits per heavy atom. The van der Waals surface area contributed by atoms with Gasteiger partial charge in [0.15, 0.2) is 6.10 Å². The van der Waals surface area contributed by atoms with E-state index in [1.54, 1.807) is 24.3 Å². The summed E-state index contributed by atoms with van der Waals surface area (Å²) in [6, 6.07) is 25.7. The van der Waals surface area contributed by atoms with Crippen molar-refractivity contribution in [2.45, 2.75) is 12.5 Å². The van der Waals surface area contributed by atoms with Gasteiger partial charge in [0.1, 0.15) is 17.2 Å². The fourth-order valence-corrected chi connectivity index (χ4v) is 2.43. The summed E-state index contributed by atoms with van der Waals surface area (Å²) < 4.78 is 11.5. The summed E-state index contributed by atoms with van der Waals surface area (Å²) in [6.07, 6.45) is -0.796. The van der Waals surface area contributed by atoms with Crippen LogP contribution < -0.4 is 9.47 Å². The predicted octanol–water partition coefficient (Wildman–Crippen LogP) is 4.55. The topological polar surface area (TPSA) is 55.8 Å². The maximum absolute atomic E-state index is 11.6. The first kappa shape index (κ1) is 16.6. The molecule has 4 nitrogen and oxygen atoms in total. The fraction of sp³-hybridized carbons (Fsp3) is 0.0952. The molecule has 1 unspecified atom stereocenters. The summed E-state index contributed by atoms with van der Waals surface area (Å²) in [5.74, 6) is 0.831. The van der Waals surface area contributed by atoms with Crippen molar-refractivity contribution < 1.29 is 19.4 Å². The van der Waals surface area contributed by atoms with Gasteiger partial charge in [-0.3, -0.25) is 0 Å². The summed E-state index contributed by atoms with van der Waals surface area (Å²) in [5, 5.41) is 9.51. The van der Waals surface area contributed by atoms with Crippen LogP contribution in [0.1, 0.15) is 5.56 Å². The van der Waals surface area contributed by atoms with Crippen molar-refractivity contribution in [3.05, 3.63) is 90.5 Å². The lowest BCUT2D eigenvalue weighted by atomic mass is 10.1. The molecule has 3 aromatic rings. The molecule has 126 valence electrons. The van der Waals surface area contributed by atoms with Gasteiger partial charge in [0, 0.05) is 6.42 Å². The zero-order chi connectivity index (χ0) is 17.5. The molecule has 3 rings (SSSR count). The molecule has 1 N–H and O–H groups in total. The highest BCUT2D eigenvalue weighted by atomic mass is 16.5. The molecule has 0 spiro atoms. The third-order valence-corrected chi connectivity index (χ3v) is 3.65. The van der Waals surface area contributed by atoms with Gasteiger partial charge in [-0.05, 0) is 35.9 Å². The number of hydrogen-bond donors (Lipinski definition) is 1. The third-order valence-electron chi connectivity index (χ3n) is 3.65. The Labute approximate surface area is 146 Å². The Balaban J connectivity index is 1.79. The number of hydrogen-bond acceptors (Lipinski definition) is 3. The van der Waals surface area contributed by atoms with Gasteiger partial charge < -0.3 is 14.6 Å². The molecule has 0 saturated heterocycles. The molecule has 0 aromatic heterocycles. The van der Waals surface area contributed by atoms with Crippen molar-refractivity contribution in [1.29, 1.82) is 0 Å². The average molecular weight is 334 g/mol. The van der Waals surface area contributed by atoms with Crippen molar-refractivity contribution in [2.75, 3.05) is 0 Å². The first-order valence-corrected chi connectivity index (χ1v) is 7.97. The lowest BCUT2D eigenvalue weighted by Crippen LogP contribution is -2.29. The number of carbonyl (C=O) groups is 1. The molecule has 3 aromatic carbocycles. The highest BCUT2D eigenvalue weighted by Crippen LogP contribution is 2.27. The average Bonchev–Trinajstić information content (AvgIpc) is 2.64. The van der Waals surface area contributed by atoms with E-state index in [9.17, 15) is 9.90 Å². The first-order valence-electron chi connectivity index (χ1n) is 7.97. The van der Waals surface area contributed by atoms with E-state index in [4.69, 9.17) is 9.47 Å². The third kappa shape index (κ3) is 4.61. The standard InChI is InChI=1S/C21H18O4/c22-21(23)20(25-18-12-5-2-6-13-18)15-16-9-7-8-14-19(16)24-17-10-3-1-4-11-17/h1-14,20H,15H2,(H,22,23). The molecule has 1 atom stereocenters. The van der Waals surface area contributed by atoms with Gasteiger partial charge in [-0.2, -0.15) is 0 Å². The lowest BCUT2D eigenvalue weighted by Gasteiger charge is -2.17. The molecule has 0 aliphatic carbocycles. The highest BCUT2D eigenvalue weighted by molar-refractivity contribution is 5.73. The Hall–Kier alpha value is -3.27. The van der Waals surface area contributed by atoms with Gasteiger partial charge in [0.2, 0.25) is 0 Å². The predicted molar refractivity (Wildman–Crippen MR) is 95.2 cm³/mol. The van der Waals surface area contributed by atoms with E-state index >= 15 is 0 Å². The fourth-order valence-electron chi connectivity index (χ4n) is 2.43. The summed E-state index contributed by atoms with van der Waals surface area (Å²) in [6.45, 7) is 0. The minimum Gasteiger partial charge on any atom is -0.478 e. The summed E-state index contributed by atoms with van der Waals surface area (Å²) in [4.78, 5) is 11.6. The second-order valence-electron chi connectivity index (χ2n) is 5.48. The Kier molecular flexibility index (Phi) is 5.32. The molecule has 0 bridgehead atoms. The van der Waals surface area contributed by atoms with Gasteiger partial charge in [0.05, 0.1) is 0 Å².